The highest BCUT2D eigenvalue weighted by molar-refractivity contribution is 4.75. The second-order valence-electron chi connectivity index (χ2n) is 4.01. The minimum atomic E-state index is 0.233. The largest absolute Gasteiger partial charge is 0.378 e. The lowest BCUT2D eigenvalue weighted by atomic mass is 9.87. The van der Waals surface area contributed by atoms with Gasteiger partial charge in [0, 0.05) is 6.61 Å². The molecular weight excluding hydrogens is 136 g/mol. The molecule has 1 unspecified atom stereocenters. The van der Waals surface area contributed by atoms with Gasteiger partial charge in [-0.3, -0.25) is 0 Å². The smallest absolute Gasteiger partial charge is 0.0623 e. The Bertz CT molecular complexity index is 91.5. The molecule has 0 fully saturated rings. The molecule has 0 aliphatic rings. The molecule has 0 saturated heterocycles. The summed E-state index contributed by atoms with van der Waals surface area (Å²) in [4.78, 5) is 0. The molecule has 0 bridgehead atoms. The zero-order valence-corrected chi connectivity index (χ0v) is 8.31. The summed E-state index contributed by atoms with van der Waals surface area (Å²) in [5.74, 6) is 0. The van der Waals surface area contributed by atoms with Crippen molar-refractivity contribution >= 4 is 0 Å². The van der Waals surface area contributed by atoms with Crippen molar-refractivity contribution in [3.63, 3.8) is 0 Å². The maximum absolute atomic E-state index is 5.64. The van der Waals surface area contributed by atoms with Crippen LogP contribution in [0.2, 0.25) is 0 Å². The first-order valence-corrected chi connectivity index (χ1v) is 4.43. The first-order valence-electron chi connectivity index (χ1n) is 4.43. The summed E-state index contributed by atoms with van der Waals surface area (Å²) < 4.78 is 5.64. The lowest BCUT2D eigenvalue weighted by Gasteiger charge is -2.29. The van der Waals surface area contributed by atoms with Gasteiger partial charge < -0.3 is 4.74 Å². The van der Waals surface area contributed by atoms with Gasteiger partial charge in [0.15, 0.2) is 0 Å². The molecule has 1 atom stereocenters. The summed E-state index contributed by atoms with van der Waals surface area (Å²) in [5, 5.41) is 0. The summed E-state index contributed by atoms with van der Waals surface area (Å²) in [6.45, 7) is 13.4. The van der Waals surface area contributed by atoms with E-state index in [0.717, 1.165) is 19.4 Å². The fourth-order valence-electron chi connectivity index (χ4n) is 1.03. The van der Waals surface area contributed by atoms with Crippen LogP contribution in [0.5, 0.6) is 0 Å². The maximum atomic E-state index is 5.64. The predicted octanol–water partition coefficient (Wildman–Crippen LogP) is 3.05. The normalized spacial score (nSPS) is 15.0. The third-order valence-corrected chi connectivity index (χ3v) is 1.75. The molecule has 0 spiro atoms. The van der Waals surface area contributed by atoms with E-state index in [4.69, 9.17) is 4.74 Å². The van der Waals surface area contributed by atoms with Crippen LogP contribution in [-0.4, -0.2) is 12.7 Å². The van der Waals surface area contributed by atoms with Gasteiger partial charge in [0.25, 0.3) is 0 Å². The summed E-state index contributed by atoms with van der Waals surface area (Å²) in [5.41, 5.74) is 0.233. The van der Waals surface area contributed by atoms with Crippen LogP contribution < -0.4 is 0 Å². The Labute approximate surface area is 71.1 Å². The van der Waals surface area contributed by atoms with Gasteiger partial charge in [-0.25, -0.2) is 0 Å². The minimum absolute atomic E-state index is 0.233. The monoisotopic (exact) mass is 157 g/mol. The van der Waals surface area contributed by atoms with E-state index in [1.807, 2.05) is 0 Å². The summed E-state index contributed by atoms with van der Waals surface area (Å²) in [6.07, 6.45) is 2.26. The molecule has 0 heterocycles. The van der Waals surface area contributed by atoms with E-state index in [1.54, 1.807) is 0 Å². The third-order valence-electron chi connectivity index (χ3n) is 1.75. The molecule has 1 heteroatoms. The summed E-state index contributed by atoms with van der Waals surface area (Å²) in [6, 6.07) is 0. The maximum Gasteiger partial charge on any atom is 0.0623 e. The Morgan fingerprint density at radius 2 is 1.91 bits per heavy atom. The lowest BCUT2D eigenvalue weighted by Crippen LogP contribution is -2.28. The van der Waals surface area contributed by atoms with E-state index in [1.165, 1.54) is 0 Å². The van der Waals surface area contributed by atoms with Crippen molar-refractivity contribution < 1.29 is 4.74 Å². The topological polar surface area (TPSA) is 9.23 Å². The van der Waals surface area contributed by atoms with Crippen molar-refractivity contribution in [2.45, 2.75) is 46.6 Å². The van der Waals surface area contributed by atoms with Gasteiger partial charge in [0.1, 0.15) is 0 Å². The van der Waals surface area contributed by atoms with Crippen molar-refractivity contribution in [3.05, 3.63) is 6.92 Å². The molecule has 0 aromatic heterocycles. The van der Waals surface area contributed by atoms with Crippen molar-refractivity contribution in [1.82, 2.24) is 0 Å². The molecule has 0 aromatic carbocycles. The summed E-state index contributed by atoms with van der Waals surface area (Å²) >= 11 is 0. The van der Waals surface area contributed by atoms with Crippen LogP contribution in [0.15, 0.2) is 0 Å². The minimum Gasteiger partial charge on any atom is -0.378 e. The fraction of sp³-hybridized carbons (Fsp3) is 0.900. The Morgan fingerprint density at radius 3 is 2.18 bits per heavy atom. The number of hydrogen-bond donors (Lipinski definition) is 0. The zero-order valence-electron chi connectivity index (χ0n) is 8.31. The quantitative estimate of drug-likeness (QED) is 0.609. The SMILES string of the molecule is [CH2]CC(OCCC)C(C)(C)C. The van der Waals surface area contributed by atoms with Crippen LogP contribution in [0, 0.1) is 12.3 Å². The highest BCUT2D eigenvalue weighted by Crippen LogP contribution is 2.24. The molecule has 1 radical (unpaired) electrons. The van der Waals surface area contributed by atoms with Crippen LogP contribution in [0.4, 0.5) is 0 Å². The highest BCUT2D eigenvalue weighted by Gasteiger charge is 2.22. The first-order chi connectivity index (χ1) is 5.02. The van der Waals surface area contributed by atoms with E-state index >= 15 is 0 Å². The number of rotatable bonds is 4. The molecule has 0 rings (SSSR count). The van der Waals surface area contributed by atoms with E-state index in [0.29, 0.717) is 6.10 Å². The van der Waals surface area contributed by atoms with Gasteiger partial charge in [-0.2, -0.15) is 0 Å². The van der Waals surface area contributed by atoms with Gasteiger partial charge in [-0.05, 0) is 18.3 Å². The van der Waals surface area contributed by atoms with Crippen LogP contribution >= 0.6 is 0 Å². The lowest BCUT2D eigenvalue weighted by molar-refractivity contribution is -0.0154. The molecule has 0 aromatic rings. The Morgan fingerprint density at radius 1 is 1.36 bits per heavy atom. The van der Waals surface area contributed by atoms with E-state index in [2.05, 4.69) is 34.6 Å². The molecule has 0 saturated carbocycles. The van der Waals surface area contributed by atoms with Crippen molar-refractivity contribution in [1.29, 1.82) is 0 Å². The van der Waals surface area contributed by atoms with Gasteiger partial charge in [-0.15, -0.1) is 0 Å². The van der Waals surface area contributed by atoms with Gasteiger partial charge in [0.05, 0.1) is 6.10 Å². The number of hydrogen-bond acceptors (Lipinski definition) is 1. The Kier molecular flexibility index (Phi) is 4.74. The van der Waals surface area contributed by atoms with E-state index in [-0.39, 0.29) is 5.41 Å². The van der Waals surface area contributed by atoms with Gasteiger partial charge >= 0.3 is 0 Å². The van der Waals surface area contributed by atoms with Crippen molar-refractivity contribution in [3.8, 4) is 0 Å². The van der Waals surface area contributed by atoms with Crippen molar-refractivity contribution in [2.24, 2.45) is 5.41 Å². The molecule has 0 aliphatic heterocycles. The Hall–Kier alpha value is -0.0400. The molecule has 67 valence electrons. The molecule has 1 nitrogen and oxygen atoms in total. The van der Waals surface area contributed by atoms with Crippen molar-refractivity contribution in [2.75, 3.05) is 6.61 Å². The second kappa shape index (κ2) is 4.76. The van der Waals surface area contributed by atoms with Crippen LogP contribution in [-0.2, 0) is 4.74 Å². The average Bonchev–Trinajstić information content (AvgIpc) is 1.87. The first kappa shape index (κ1) is 11.0. The molecular formula is C10H21O. The van der Waals surface area contributed by atoms with Crippen LogP contribution in [0.25, 0.3) is 0 Å². The molecule has 0 N–H and O–H groups in total. The van der Waals surface area contributed by atoms with E-state index < -0.39 is 0 Å². The average molecular weight is 157 g/mol. The van der Waals surface area contributed by atoms with Crippen LogP contribution in [0.1, 0.15) is 40.5 Å². The van der Waals surface area contributed by atoms with Crippen LogP contribution in [0.3, 0.4) is 0 Å². The van der Waals surface area contributed by atoms with Gasteiger partial charge in [0.2, 0.25) is 0 Å². The Balaban J connectivity index is 3.76. The summed E-state index contributed by atoms with van der Waals surface area (Å²) in [7, 11) is 0. The zero-order chi connectivity index (χ0) is 8.91. The predicted molar refractivity (Wildman–Crippen MR) is 49.5 cm³/mol. The molecule has 0 aliphatic carbocycles. The highest BCUT2D eigenvalue weighted by atomic mass is 16.5. The number of ether oxygens (including phenoxy) is 1. The van der Waals surface area contributed by atoms with Gasteiger partial charge in [-0.1, -0.05) is 34.6 Å². The third kappa shape index (κ3) is 4.41. The standard InChI is InChI=1S/C10H21O/c1-6-8-11-9(7-2)10(3,4)5/h9H,2,6-8H2,1,3-5H3. The van der Waals surface area contributed by atoms with E-state index in [9.17, 15) is 0 Å². The second-order valence-corrected chi connectivity index (χ2v) is 4.01. The molecule has 0 amide bonds. The fourth-order valence-corrected chi connectivity index (χ4v) is 1.03. The molecule has 11 heavy (non-hydrogen) atoms.